The van der Waals surface area contributed by atoms with Crippen molar-refractivity contribution >= 4 is 5.71 Å². The van der Waals surface area contributed by atoms with E-state index in [0.29, 0.717) is 0 Å². The molecule has 0 radical (unpaired) electrons. The second-order valence-electron chi connectivity index (χ2n) is 5.64. The summed E-state index contributed by atoms with van der Waals surface area (Å²) >= 11 is 0. The summed E-state index contributed by atoms with van der Waals surface area (Å²) in [5.74, 6) is 0.825. The molecule has 23 heavy (non-hydrogen) atoms. The van der Waals surface area contributed by atoms with E-state index in [1.807, 2.05) is 45.8 Å². The number of aliphatic imine (C=N–C) groups is 1. The summed E-state index contributed by atoms with van der Waals surface area (Å²) in [6.45, 7) is 2.10. The Labute approximate surface area is 133 Å². The molecule has 1 unspecified atom stereocenters. The van der Waals surface area contributed by atoms with Crippen molar-refractivity contribution < 1.29 is 0 Å². The Balaban J connectivity index is 1.74. The van der Waals surface area contributed by atoms with E-state index in [4.69, 9.17) is 9.98 Å². The summed E-state index contributed by atoms with van der Waals surface area (Å²) in [6, 6.07) is 5.91. The standard InChI is InChI=1S/C17H16N6/c1-17(23-11-9-19-13-23)7-3-5-15(21-17)14-4-2-6-16(20-14)22-10-8-18-12-22/h2-6,8-13H,7H2,1H3. The minimum atomic E-state index is -0.368. The maximum Gasteiger partial charge on any atom is 0.138 e. The first-order valence-corrected chi connectivity index (χ1v) is 7.45. The molecule has 3 aromatic rings. The minimum absolute atomic E-state index is 0.368. The molecule has 6 nitrogen and oxygen atoms in total. The molecule has 0 spiro atoms. The van der Waals surface area contributed by atoms with Gasteiger partial charge in [0.2, 0.25) is 0 Å². The molecule has 1 aliphatic rings. The lowest BCUT2D eigenvalue weighted by molar-refractivity contribution is 0.336. The summed E-state index contributed by atoms with van der Waals surface area (Å²) in [6.07, 6.45) is 15.9. The topological polar surface area (TPSA) is 60.9 Å². The van der Waals surface area contributed by atoms with E-state index < -0.39 is 0 Å². The summed E-state index contributed by atoms with van der Waals surface area (Å²) in [4.78, 5) is 17.8. The molecule has 0 saturated carbocycles. The van der Waals surface area contributed by atoms with Crippen LogP contribution in [0.3, 0.4) is 0 Å². The fourth-order valence-corrected chi connectivity index (χ4v) is 2.69. The molecule has 0 aromatic carbocycles. The largest absolute Gasteiger partial charge is 0.312 e. The van der Waals surface area contributed by atoms with Crippen molar-refractivity contribution in [2.75, 3.05) is 0 Å². The SMILES string of the molecule is CC1(n2ccnc2)CC=CC(c2cccc(-n3ccnc3)n2)=N1. The summed E-state index contributed by atoms with van der Waals surface area (Å²) in [5, 5.41) is 0. The number of imidazole rings is 2. The van der Waals surface area contributed by atoms with Crippen molar-refractivity contribution in [3.63, 3.8) is 0 Å². The highest BCUT2D eigenvalue weighted by Crippen LogP contribution is 2.27. The van der Waals surface area contributed by atoms with Gasteiger partial charge >= 0.3 is 0 Å². The van der Waals surface area contributed by atoms with Crippen molar-refractivity contribution in [3.05, 3.63) is 73.5 Å². The van der Waals surface area contributed by atoms with Crippen LogP contribution in [-0.2, 0) is 5.66 Å². The van der Waals surface area contributed by atoms with Crippen LogP contribution in [-0.4, -0.2) is 29.8 Å². The third kappa shape index (κ3) is 2.48. The lowest BCUT2D eigenvalue weighted by Crippen LogP contribution is -2.30. The van der Waals surface area contributed by atoms with Gasteiger partial charge in [-0.25, -0.2) is 15.0 Å². The molecule has 0 N–H and O–H groups in total. The van der Waals surface area contributed by atoms with Crippen LogP contribution in [0, 0.1) is 0 Å². The van der Waals surface area contributed by atoms with Crippen LogP contribution >= 0.6 is 0 Å². The van der Waals surface area contributed by atoms with Crippen molar-refractivity contribution in [2.45, 2.75) is 19.0 Å². The van der Waals surface area contributed by atoms with Crippen LogP contribution in [0.5, 0.6) is 0 Å². The number of aromatic nitrogens is 5. The van der Waals surface area contributed by atoms with Crippen LogP contribution in [0.25, 0.3) is 5.82 Å². The number of hydrogen-bond acceptors (Lipinski definition) is 4. The first-order valence-electron chi connectivity index (χ1n) is 7.45. The monoisotopic (exact) mass is 304 g/mol. The highest BCUT2D eigenvalue weighted by molar-refractivity contribution is 6.08. The molecule has 4 rings (SSSR count). The Morgan fingerprint density at radius 3 is 2.74 bits per heavy atom. The second kappa shape index (κ2) is 5.31. The van der Waals surface area contributed by atoms with Crippen molar-refractivity contribution in [3.8, 4) is 5.82 Å². The number of rotatable bonds is 3. The molecule has 0 aliphatic carbocycles. The van der Waals surface area contributed by atoms with Crippen molar-refractivity contribution in [2.24, 2.45) is 4.99 Å². The van der Waals surface area contributed by atoms with Gasteiger partial charge < -0.3 is 4.57 Å². The van der Waals surface area contributed by atoms with Gasteiger partial charge in [-0.2, -0.15) is 0 Å². The Hall–Kier alpha value is -3.02. The van der Waals surface area contributed by atoms with Gasteiger partial charge in [0.1, 0.15) is 17.8 Å². The van der Waals surface area contributed by atoms with Gasteiger partial charge in [0, 0.05) is 31.2 Å². The molecule has 3 aromatic heterocycles. The number of pyridine rings is 1. The van der Waals surface area contributed by atoms with E-state index in [0.717, 1.165) is 23.6 Å². The zero-order chi connectivity index (χ0) is 15.7. The highest BCUT2D eigenvalue weighted by Gasteiger charge is 2.27. The normalized spacial score (nSPS) is 20.5. The van der Waals surface area contributed by atoms with E-state index in [9.17, 15) is 0 Å². The zero-order valence-corrected chi connectivity index (χ0v) is 12.7. The fourth-order valence-electron chi connectivity index (χ4n) is 2.69. The van der Waals surface area contributed by atoms with E-state index in [-0.39, 0.29) is 5.66 Å². The molecule has 1 aliphatic heterocycles. The second-order valence-corrected chi connectivity index (χ2v) is 5.64. The molecule has 6 heteroatoms. The molecule has 0 amide bonds. The van der Waals surface area contributed by atoms with E-state index in [2.05, 4.69) is 23.0 Å². The Morgan fingerprint density at radius 2 is 1.96 bits per heavy atom. The molecule has 4 heterocycles. The lowest BCUT2D eigenvalue weighted by atomic mass is 10.0. The van der Waals surface area contributed by atoms with E-state index in [1.165, 1.54) is 0 Å². The highest BCUT2D eigenvalue weighted by atomic mass is 15.2. The number of dihydropyridines is 1. The summed E-state index contributed by atoms with van der Waals surface area (Å²) < 4.78 is 3.90. The number of nitrogens with zero attached hydrogens (tertiary/aromatic N) is 6. The van der Waals surface area contributed by atoms with E-state index >= 15 is 0 Å². The van der Waals surface area contributed by atoms with Gasteiger partial charge in [0.05, 0.1) is 17.7 Å². The third-order valence-corrected chi connectivity index (χ3v) is 3.97. The molecule has 0 fully saturated rings. The molecule has 0 bridgehead atoms. The third-order valence-electron chi connectivity index (χ3n) is 3.97. The fraction of sp³-hybridized carbons (Fsp3) is 0.176. The molecule has 0 saturated heterocycles. The van der Waals surface area contributed by atoms with Gasteiger partial charge in [-0.3, -0.25) is 9.56 Å². The summed E-state index contributed by atoms with van der Waals surface area (Å²) in [5.41, 5.74) is 1.35. The molecular weight excluding hydrogens is 288 g/mol. The van der Waals surface area contributed by atoms with Crippen molar-refractivity contribution in [1.29, 1.82) is 0 Å². The minimum Gasteiger partial charge on any atom is -0.312 e. The van der Waals surface area contributed by atoms with Crippen LogP contribution < -0.4 is 0 Å². The maximum absolute atomic E-state index is 4.91. The van der Waals surface area contributed by atoms with Crippen molar-refractivity contribution in [1.82, 2.24) is 24.1 Å². The number of allylic oxidation sites excluding steroid dienone is 1. The first kappa shape index (κ1) is 13.6. The quantitative estimate of drug-likeness (QED) is 0.747. The lowest BCUT2D eigenvalue weighted by Gasteiger charge is -2.29. The zero-order valence-electron chi connectivity index (χ0n) is 12.7. The molecule has 1 atom stereocenters. The average Bonchev–Trinajstić information content (AvgIpc) is 3.29. The van der Waals surface area contributed by atoms with Gasteiger partial charge in [-0.15, -0.1) is 0 Å². The molecular formula is C17H16N6. The van der Waals surface area contributed by atoms with Gasteiger partial charge in [0.15, 0.2) is 0 Å². The van der Waals surface area contributed by atoms with Crippen LogP contribution in [0.1, 0.15) is 19.0 Å². The van der Waals surface area contributed by atoms with Gasteiger partial charge in [0.25, 0.3) is 0 Å². The smallest absolute Gasteiger partial charge is 0.138 e. The first-order chi connectivity index (χ1) is 11.2. The Kier molecular flexibility index (Phi) is 3.15. The Bertz CT molecular complexity index is 860. The van der Waals surface area contributed by atoms with Gasteiger partial charge in [-0.05, 0) is 25.1 Å². The molecule has 114 valence electrons. The maximum atomic E-state index is 4.91. The van der Waals surface area contributed by atoms with Crippen LogP contribution in [0.4, 0.5) is 0 Å². The van der Waals surface area contributed by atoms with Crippen LogP contribution in [0.2, 0.25) is 0 Å². The Morgan fingerprint density at radius 1 is 1.09 bits per heavy atom. The van der Waals surface area contributed by atoms with E-state index in [1.54, 1.807) is 25.0 Å². The summed E-state index contributed by atoms with van der Waals surface area (Å²) in [7, 11) is 0. The predicted molar refractivity (Wildman–Crippen MR) is 87.5 cm³/mol. The van der Waals surface area contributed by atoms with Crippen LogP contribution in [0.15, 0.2) is 72.8 Å². The predicted octanol–water partition coefficient (Wildman–Crippen LogP) is 2.59. The average molecular weight is 304 g/mol. The number of hydrogen-bond donors (Lipinski definition) is 0. The van der Waals surface area contributed by atoms with Gasteiger partial charge in [-0.1, -0.05) is 12.1 Å².